The van der Waals surface area contributed by atoms with Crippen molar-refractivity contribution in [2.75, 3.05) is 13.7 Å². The lowest BCUT2D eigenvalue weighted by atomic mass is 10.0. The zero-order valence-electron chi connectivity index (χ0n) is 17.3. The van der Waals surface area contributed by atoms with Crippen LogP contribution in [0.3, 0.4) is 0 Å². The molecule has 1 aliphatic heterocycles. The normalized spacial score (nSPS) is 19.5. The first-order valence-electron chi connectivity index (χ1n) is 10.3. The summed E-state index contributed by atoms with van der Waals surface area (Å²) in [4.78, 5) is 8.94. The number of para-hydroxylation sites is 1. The van der Waals surface area contributed by atoms with Crippen LogP contribution in [0.15, 0.2) is 36.7 Å². The molecule has 4 aromatic rings. The molecule has 0 amide bonds. The summed E-state index contributed by atoms with van der Waals surface area (Å²) in [6.45, 7) is 2.99. The fourth-order valence-corrected chi connectivity index (χ4v) is 4.42. The van der Waals surface area contributed by atoms with Gasteiger partial charge in [-0.1, -0.05) is 18.2 Å². The van der Waals surface area contributed by atoms with Gasteiger partial charge in [0.2, 0.25) is 0 Å². The zero-order valence-corrected chi connectivity index (χ0v) is 17.3. The maximum absolute atomic E-state index is 14.0. The second-order valence-electron chi connectivity index (χ2n) is 7.85. The molecule has 1 aromatic carbocycles. The van der Waals surface area contributed by atoms with Crippen LogP contribution in [-0.2, 0) is 11.3 Å². The molecule has 1 fully saturated rings. The van der Waals surface area contributed by atoms with Crippen molar-refractivity contribution in [3.05, 3.63) is 48.2 Å². The van der Waals surface area contributed by atoms with Crippen LogP contribution >= 0.6 is 0 Å². The maximum Gasteiger partial charge on any atom is 0.282 e. The van der Waals surface area contributed by atoms with Crippen LogP contribution in [0.5, 0.6) is 5.75 Å². The van der Waals surface area contributed by atoms with Gasteiger partial charge >= 0.3 is 0 Å². The fraction of sp³-hybridized carbons (Fsp3) is 0.409. The third-order valence-electron chi connectivity index (χ3n) is 5.80. The summed E-state index contributed by atoms with van der Waals surface area (Å²) in [5.74, 6) is 1.29. The standard InChI is InChI=1S/C22H23F2N5O2/c1-13-9-14(7-8-31-13)29-18(12-28-11-15(30-2)10-25-28)27-19-20(22(23)24)26-17-6-4-3-5-16(17)21(19)29/h3-6,10-11,13-14,22H,7-9,12H2,1-2H3/t13-,14-/m1/s1. The number of imidazole rings is 1. The van der Waals surface area contributed by atoms with E-state index >= 15 is 0 Å². The number of benzene rings is 1. The van der Waals surface area contributed by atoms with Gasteiger partial charge in [-0.05, 0) is 25.8 Å². The highest BCUT2D eigenvalue weighted by molar-refractivity contribution is 6.03. The molecule has 0 radical (unpaired) electrons. The van der Waals surface area contributed by atoms with Gasteiger partial charge in [0.15, 0.2) is 5.75 Å². The first-order chi connectivity index (χ1) is 15.0. The molecule has 0 saturated carbocycles. The van der Waals surface area contributed by atoms with Crippen molar-refractivity contribution in [2.45, 2.75) is 44.9 Å². The number of hydrogen-bond donors (Lipinski definition) is 0. The van der Waals surface area contributed by atoms with Gasteiger partial charge in [0.1, 0.15) is 17.0 Å². The molecular formula is C22H23F2N5O2. The summed E-state index contributed by atoms with van der Waals surface area (Å²) in [5.41, 5.74) is 1.21. The summed E-state index contributed by atoms with van der Waals surface area (Å²) < 4.78 is 42.7. The highest BCUT2D eigenvalue weighted by Crippen LogP contribution is 2.37. The Balaban J connectivity index is 1.77. The Morgan fingerprint density at radius 2 is 2.10 bits per heavy atom. The van der Waals surface area contributed by atoms with Crippen molar-refractivity contribution in [2.24, 2.45) is 0 Å². The van der Waals surface area contributed by atoms with E-state index in [9.17, 15) is 8.78 Å². The minimum atomic E-state index is -2.72. The Hall–Kier alpha value is -3.07. The van der Waals surface area contributed by atoms with Crippen molar-refractivity contribution in [3.8, 4) is 5.75 Å². The lowest BCUT2D eigenvalue weighted by Gasteiger charge is -2.30. The number of hydrogen-bond acceptors (Lipinski definition) is 5. The summed E-state index contributed by atoms with van der Waals surface area (Å²) in [7, 11) is 1.58. The average molecular weight is 427 g/mol. The highest BCUT2D eigenvalue weighted by atomic mass is 19.3. The third kappa shape index (κ3) is 3.52. The van der Waals surface area contributed by atoms with E-state index in [0.29, 0.717) is 35.8 Å². The molecule has 1 aliphatic rings. The van der Waals surface area contributed by atoms with E-state index in [0.717, 1.165) is 18.2 Å². The Kier molecular flexibility index (Phi) is 5.05. The average Bonchev–Trinajstić information content (AvgIpc) is 3.37. The molecule has 2 atom stereocenters. The smallest absolute Gasteiger partial charge is 0.282 e. The lowest BCUT2D eigenvalue weighted by molar-refractivity contribution is 0.00619. The van der Waals surface area contributed by atoms with Crippen molar-refractivity contribution in [1.82, 2.24) is 24.3 Å². The van der Waals surface area contributed by atoms with Gasteiger partial charge in [0, 0.05) is 18.0 Å². The van der Waals surface area contributed by atoms with Crippen LogP contribution < -0.4 is 4.74 Å². The van der Waals surface area contributed by atoms with Gasteiger partial charge in [-0.3, -0.25) is 4.68 Å². The van der Waals surface area contributed by atoms with Gasteiger partial charge in [-0.25, -0.2) is 18.7 Å². The quantitative estimate of drug-likeness (QED) is 0.469. The lowest BCUT2D eigenvalue weighted by Crippen LogP contribution is -2.27. The molecular weight excluding hydrogens is 404 g/mol. The Labute approximate surface area is 177 Å². The van der Waals surface area contributed by atoms with Crippen LogP contribution in [0.1, 0.15) is 43.8 Å². The first-order valence-corrected chi connectivity index (χ1v) is 10.3. The predicted octanol–water partition coefficient (Wildman–Crippen LogP) is 4.52. The van der Waals surface area contributed by atoms with E-state index in [4.69, 9.17) is 14.5 Å². The van der Waals surface area contributed by atoms with Crippen molar-refractivity contribution >= 4 is 21.9 Å². The molecule has 31 heavy (non-hydrogen) atoms. The number of nitrogens with zero attached hydrogens (tertiary/aromatic N) is 5. The number of halogens is 2. The number of ether oxygens (including phenoxy) is 2. The van der Waals surface area contributed by atoms with E-state index in [1.807, 2.05) is 25.1 Å². The van der Waals surface area contributed by atoms with E-state index in [2.05, 4.69) is 14.6 Å². The zero-order chi connectivity index (χ0) is 21.5. The molecule has 4 heterocycles. The molecule has 0 spiro atoms. The molecule has 3 aromatic heterocycles. The molecule has 0 N–H and O–H groups in total. The number of alkyl halides is 2. The molecule has 162 valence electrons. The molecule has 5 rings (SSSR count). The van der Waals surface area contributed by atoms with Crippen LogP contribution in [-0.4, -0.2) is 44.1 Å². The van der Waals surface area contributed by atoms with E-state index in [1.165, 1.54) is 0 Å². The summed E-state index contributed by atoms with van der Waals surface area (Å²) in [5, 5.41) is 5.14. The van der Waals surface area contributed by atoms with Gasteiger partial charge in [0.25, 0.3) is 6.43 Å². The molecule has 0 bridgehead atoms. The Morgan fingerprint density at radius 3 is 2.84 bits per heavy atom. The number of fused-ring (bicyclic) bond motifs is 3. The highest BCUT2D eigenvalue weighted by Gasteiger charge is 2.29. The summed E-state index contributed by atoms with van der Waals surface area (Å²) in [6.07, 6.45) is 2.30. The molecule has 9 heteroatoms. The second kappa shape index (κ2) is 7.88. The monoisotopic (exact) mass is 427 g/mol. The van der Waals surface area contributed by atoms with E-state index in [-0.39, 0.29) is 23.4 Å². The SMILES string of the molecule is COc1cnn(Cc2nc3c(C(F)F)nc4ccccc4c3n2[C@@H]2CCO[C@H](C)C2)c1. The fourth-order valence-electron chi connectivity index (χ4n) is 4.42. The number of pyridine rings is 1. The van der Waals surface area contributed by atoms with Crippen molar-refractivity contribution in [1.29, 1.82) is 0 Å². The van der Waals surface area contributed by atoms with Crippen LogP contribution in [0.25, 0.3) is 21.9 Å². The molecule has 1 saturated heterocycles. The Bertz CT molecular complexity index is 1240. The first kappa shape index (κ1) is 19.9. The van der Waals surface area contributed by atoms with Gasteiger partial charge in [0.05, 0.1) is 43.2 Å². The van der Waals surface area contributed by atoms with Crippen molar-refractivity contribution in [3.63, 3.8) is 0 Å². The predicted molar refractivity (Wildman–Crippen MR) is 112 cm³/mol. The molecule has 0 unspecified atom stereocenters. The number of rotatable bonds is 5. The van der Waals surface area contributed by atoms with E-state index in [1.54, 1.807) is 30.3 Å². The number of aromatic nitrogens is 5. The Morgan fingerprint density at radius 1 is 1.26 bits per heavy atom. The van der Waals surface area contributed by atoms with Crippen LogP contribution in [0.4, 0.5) is 8.78 Å². The maximum atomic E-state index is 14.0. The third-order valence-corrected chi connectivity index (χ3v) is 5.80. The minimum Gasteiger partial charge on any atom is -0.493 e. The summed E-state index contributed by atoms with van der Waals surface area (Å²) >= 11 is 0. The van der Waals surface area contributed by atoms with Crippen LogP contribution in [0.2, 0.25) is 0 Å². The number of methoxy groups -OCH3 is 1. The molecule has 0 aliphatic carbocycles. The largest absolute Gasteiger partial charge is 0.493 e. The summed E-state index contributed by atoms with van der Waals surface area (Å²) in [6, 6.07) is 7.47. The van der Waals surface area contributed by atoms with Gasteiger partial charge in [-0.2, -0.15) is 5.10 Å². The second-order valence-corrected chi connectivity index (χ2v) is 7.85. The van der Waals surface area contributed by atoms with Gasteiger partial charge < -0.3 is 14.0 Å². The topological polar surface area (TPSA) is 67.0 Å². The van der Waals surface area contributed by atoms with Crippen LogP contribution in [0, 0.1) is 0 Å². The van der Waals surface area contributed by atoms with Gasteiger partial charge in [-0.15, -0.1) is 0 Å². The van der Waals surface area contributed by atoms with E-state index < -0.39 is 6.43 Å². The minimum absolute atomic E-state index is 0.0801. The molecule has 7 nitrogen and oxygen atoms in total. The van der Waals surface area contributed by atoms with Crippen molar-refractivity contribution < 1.29 is 18.3 Å².